The number of hydrogen-bond acceptors (Lipinski definition) is 6. The number of halogens is 2. The molecule has 0 aliphatic carbocycles. The van der Waals surface area contributed by atoms with Crippen LogP contribution in [-0.4, -0.2) is 31.0 Å². The Kier molecular flexibility index (Phi) is 6.27. The fourth-order valence-electron chi connectivity index (χ4n) is 3.64. The van der Waals surface area contributed by atoms with Gasteiger partial charge in [0.05, 0.1) is 15.8 Å². The van der Waals surface area contributed by atoms with Crippen LogP contribution in [0.2, 0.25) is 0 Å². The van der Waals surface area contributed by atoms with Crippen LogP contribution < -0.4 is 14.9 Å². The third-order valence-electron chi connectivity index (χ3n) is 5.44. The van der Waals surface area contributed by atoms with Crippen LogP contribution >= 0.6 is 23.3 Å². The number of aryl methyl sites for hydroxylation is 1. The molecular weight excluding hydrogens is 438 g/mol. The normalized spacial score (nSPS) is 14.1. The lowest BCUT2D eigenvalue weighted by Gasteiger charge is -2.41. The van der Waals surface area contributed by atoms with Gasteiger partial charge >= 0.3 is 0 Å². The van der Waals surface area contributed by atoms with Gasteiger partial charge in [-0.1, -0.05) is 47.7 Å². The first kappa shape index (κ1) is 21.7. The third-order valence-corrected chi connectivity index (χ3v) is 7.51. The molecule has 2 N–H and O–H groups in total. The van der Waals surface area contributed by atoms with Crippen molar-refractivity contribution >= 4 is 40.0 Å². The fraction of sp³-hybridized carbons (Fsp3) is 0.273. The van der Waals surface area contributed by atoms with Gasteiger partial charge < -0.3 is 4.90 Å². The number of nitrogens with two attached hydrogens (primary N) is 1. The van der Waals surface area contributed by atoms with Gasteiger partial charge in [0.2, 0.25) is 5.91 Å². The average molecular weight is 461 g/mol. The zero-order valence-corrected chi connectivity index (χ0v) is 18.7. The number of thiazole rings is 1. The second-order valence-electron chi connectivity index (χ2n) is 7.42. The molecule has 1 aromatic heterocycles. The first-order valence-electron chi connectivity index (χ1n) is 9.73. The number of carbonyl (C=O) groups excluding carboxylic acids is 1. The van der Waals surface area contributed by atoms with Gasteiger partial charge in [-0.3, -0.25) is 14.8 Å². The van der Waals surface area contributed by atoms with E-state index in [0.29, 0.717) is 23.8 Å². The lowest BCUT2D eigenvalue weighted by Crippen LogP contribution is -2.54. The molecule has 1 fully saturated rings. The van der Waals surface area contributed by atoms with Crippen LogP contribution in [0.5, 0.6) is 0 Å². The van der Waals surface area contributed by atoms with Crippen molar-refractivity contribution in [1.82, 2.24) is 4.98 Å². The summed E-state index contributed by atoms with van der Waals surface area (Å²) in [6.45, 7) is 3.10. The molecule has 1 aliphatic heterocycles. The predicted molar refractivity (Wildman–Crippen MR) is 123 cm³/mol. The van der Waals surface area contributed by atoms with Crippen LogP contribution in [0.1, 0.15) is 17.7 Å². The van der Waals surface area contributed by atoms with E-state index >= 15 is 0 Å². The quantitative estimate of drug-likeness (QED) is 0.517. The van der Waals surface area contributed by atoms with Crippen LogP contribution in [0.25, 0.3) is 11.1 Å². The number of hydrogen-bond donors (Lipinski definition) is 1. The largest absolute Gasteiger partial charge is 0.370 e. The Hall–Kier alpha value is -2.49. The Bertz CT molecular complexity index is 1080. The highest BCUT2D eigenvalue weighted by molar-refractivity contribution is 7.99. The molecule has 2 aromatic carbocycles. The Labute approximate surface area is 188 Å². The van der Waals surface area contributed by atoms with E-state index in [0.717, 1.165) is 33.1 Å². The molecule has 31 heavy (non-hydrogen) atoms. The van der Waals surface area contributed by atoms with E-state index in [1.165, 1.54) is 17.4 Å². The van der Waals surface area contributed by atoms with E-state index in [9.17, 15) is 13.6 Å². The molecule has 1 amide bonds. The topological polar surface area (TPSA) is 62.5 Å². The number of rotatable bonds is 6. The summed E-state index contributed by atoms with van der Waals surface area (Å²) in [7, 11) is 1.74. The highest BCUT2D eigenvalue weighted by Crippen LogP contribution is 2.35. The summed E-state index contributed by atoms with van der Waals surface area (Å²) in [5.74, 6) is -0.0801. The second kappa shape index (κ2) is 8.94. The van der Waals surface area contributed by atoms with Gasteiger partial charge in [-0.15, -0.1) is 0 Å². The summed E-state index contributed by atoms with van der Waals surface area (Å²) in [6.07, 6.45) is -2.52. The maximum Gasteiger partial charge on any atom is 0.264 e. The molecular formula is C22H22F2N4OS2. The van der Waals surface area contributed by atoms with Crippen molar-refractivity contribution < 1.29 is 13.6 Å². The van der Waals surface area contributed by atoms with Gasteiger partial charge in [0, 0.05) is 31.4 Å². The summed E-state index contributed by atoms with van der Waals surface area (Å²) >= 11 is 2.55. The lowest BCUT2D eigenvalue weighted by atomic mass is 9.96. The maximum atomic E-state index is 13.3. The Morgan fingerprint density at radius 2 is 1.90 bits per heavy atom. The average Bonchev–Trinajstić information content (AvgIpc) is 3.13. The highest BCUT2D eigenvalue weighted by Gasteiger charge is 2.35. The van der Waals surface area contributed by atoms with Crippen molar-refractivity contribution in [2.24, 2.45) is 11.1 Å². The van der Waals surface area contributed by atoms with E-state index in [-0.39, 0.29) is 17.4 Å². The van der Waals surface area contributed by atoms with Crippen LogP contribution in [0, 0.1) is 12.8 Å². The number of amides is 1. The van der Waals surface area contributed by atoms with Gasteiger partial charge in [0.1, 0.15) is 0 Å². The number of nitrogens with zero attached hydrogens (tertiary/aromatic N) is 3. The molecule has 4 rings (SSSR count). The van der Waals surface area contributed by atoms with E-state index in [1.807, 2.05) is 31.2 Å². The summed E-state index contributed by atoms with van der Waals surface area (Å²) in [5.41, 5.74) is 3.12. The summed E-state index contributed by atoms with van der Waals surface area (Å²) in [6, 6.07) is 14.1. The van der Waals surface area contributed by atoms with E-state index in [4.69, 9.17) is 5.14 Å². The molecule has 0 saturated carbocycles. The first-order valence-corrected chi connectivity index (χ1v) is 11.4. The van der Waals surface area contributed by atoms with Crippen molar-refractivity contribution in [3.8, 4) is 11.1 Å². The number of anilines is 2. The van der Waals surface area contributed by atoms with Crippen LogP contribution in [0.3, 0.4) is 0 Å². The molecule has 0 atom stereocenters. The van der Waals surface area contributed by atoms with Crippen LogP contribution in [-0.2, 0) is 4.79 Å². The number of aromatic nitrogens is 1. The van der Waals surface area contributed by atoms with E-state index in [1.54, 1.807) is 30.1 Å². The number of carbonyl (C=O) groups is 1. The number of benzene rings is 2. The molecule has 5 nitrogen and oxygen atoms in total. The molecule has 0 bridgehead atoms. The smallest absolute Gasteiger partial charge is 0.264 e. The highest BCUT2D eigenvalue weighted by atomic mass is 32.2. The van der Waals surface area contributed by atoms with Gasteiger partial charge in [0.25, 0.3) is 6.43 Å². The molecule has 0 spiro atoms. The molecule has 0 unspecified atom stereocenters. The molecule has 0 radical (unpaired) electrons. The minimum atomic E-state index is -2.52. The zero-order chi connectivity index (χ0) is 22.1. The molecule has 2 heterocycles. The summed E-state index contributed by atoms with van der Waals surface area (Å²) in [5, 5.41) is 6.28. The Morgan fingerprint density at radius 3 is 2.52 bits per heavy atom. The molecule has 1 saturated heterocycles. The van der Waals surface area contributed by atoms with Crippen molar-refractivity contribution in [1.29, 1.82) is 0 Å². The summed E-state index contributed by atoms with van der Waals surface area (Å²) in [4.78, 5) is 20.9. The monoisotopic (exact) mass is 460 g/mol. The van der Waals surface area contributed by atoms with Crippen molar-refractivity contribution in [3.63, 3.8) is 0 Å². The SMILES string of the molecule is Cc1nc(N(C)C(=O)C2CN(c3ccc(-c4ccccc4C(F)F)cc3)C2)sc1SN. The van der Waals surface area contributed by atoms with E-state index < -0.39 is 6.43 Å². The Balaban J connectivity index is 1.40. The number of alkyl halides is 2. The minimum Gasteiger partial charge on any atom is -0.370 e. The van der Waals surface area contributed by atoms with Crippen molar-refractivity contribution in [2.75, 3.05) is 29.9 Å². The molecule has 9 heteroatoms. The molecule has 1 aliphatic rings. The van der Waals surface area contributed by atoms with Gasteiger partial charge in [-0.25, -0.2) is 13.8 Å². The maximum absolute atomic E-state index is 13.3. The van der Waals surface area contributed by atoms with Crippen LogP contribution in [0.4, 0.5) is 19.6 Å². The minimum absolute atomic E-state index is 0.0288. The lowest BCUT2D eigenvalue weighted by molar-refractivity contribution is -0.122. The predicted octanol–water partition coefficient (Wildman–Crippen LogP) is 5.12. The molecule has 3 aromatic rings. The van der Waals surface area contributed by atoms with Crippen LogP contribution in [0.15, 0.2) is 52.7 Å². The van der Waals surface area contributed by atoms with E-state index in [2.05, 4.69) is 9.88 Å². The van der Waals surface area contributed by atoms with Gasteiger partial charge in [-0.05, 0) is 42.1 Å². The van der Waals surface area contributed by atoms with Gasteiger partial charge in [-0.2, -0.15) is 0 Å². The summed E-state index contributed by atoms with van der Waals surface area (Å²) < 4.78 is 27.5. The first-order chi connectivity index (χ1) is 14.9. The Morgan fingerprint density at radius 1 is 1.23 bits per heavy atom. The van der Waals surface area contributed by atoms with Crippen molar-refractivity contribution in [2.45, 2.75) is 17.6 Å². The van der Waals surface area contributed by atoms with Crippen molar-refractivity contribution in [3.05, 3.63) is 59.8 Å². The standard InChI is InChI=1S/C22H22F2N4OS2/c1-13-21(31-25)30-22(26-13)27(2)20(29)15-11-28(12-15)16-9-7-14(8-10-16)17-5-3-4-6-18(17)19(23)24/h3-10,15,19H,11-12,25H2,1-2H3. The molecule has 162 valence electrons. The fourth-order valence-corrected chi connectivity index (χ4v) is 5.04. The zero-order valence-electron chi connectivity index (χ0n) is 17.1. The van der Waals surface area contributed by atoms with Gasteiger partial charge in [0.15, 0.2) is 5.13 Å². The second-order valence-corrected chi connectivity index (χ2v) is 9.30. The third kappa shape index (κ3) is 4.30.